The van der Waals surface area contributed by atoms with Crippen LogP contribution in [0.25, 0.3) is 0 Å². The number of benzene rings is 1. The first-order valence-corrected chi connectivity index (χ1v) is 8.03. The van der Waals surface area contributed by atoms with Gasteiger partial charge in [0.15, 0.2) is 0 Å². The molecule has 3 atom stereocenters. The molecule has 0 bridgehead atoms. The van der Waals surface area contributed by atoms with E-state index < -0.39 is 6.10 Å². The number of carbonyl (C=O) groups excluding carboxylic acids is 1. The number of carbonyl (C=O) groups is 1. The summed E-state index contributed by atoms with van der Waals surface area (Å²) >= 11 is 5.94. The molecule has 1 aliphatic rings. The summed E-state index contributed by atoms with van der Waals surface area (Å²) in [5, 5.41) is 15.7. The number of nitrogens with one attached hydrogen (secondary N) is 2. The maximum atomic E-state index is 12.0. The SMILES string of the molecule is CC(O)CCNC(=O)NC1CCN(C)C1c1ccc(Cl)cc1. The van der Waals surface area contributed by atoms with Gasteiger partial charge in [-0.1, -0.05) is 23.7 Å². The first kappa shape index (κ1) is 17.1. The Morgan fingerprint density at radius 2 is 2.14 bits per heavy atom. The van der Waals surface area contributed by atoms with Crippen LogP contribution in [-0.2, 0) is 0 Å². The minimum Gasteiger partial charge on any atom is -0.393 e. The molecule has 0 aromatic heterocycles. The number of hydrogen-bond donors (Lipinski definition) is 3. The van der Waals surface area contributed by atoms with Gasteiger partial charge in [0.2, 0.25) is 0 Å². The van der Waals surface area contributed by atoms with Gasteiger partial charge in [0, 0.05) is 18.1 Å². The number of aliphatic hydroxyl groups excluding tert-OH is 1. The third kappa shape index (κ3) is 4.60. The van der Waals surface area contributed by atoms with Crippen LogP contribution in [0.4, 0.5) is 4.79 Å². The van der Waals surface area contributed by atoms with Crippen LogP contribution in [0.15, 0.2) is 24.3 Å². The van der Waals surface area contributed by atoms with E-state index in [9.17, 15) is 9.90 Å². The van der Waals surface area contributed by atoms with Crippen molar-refractivity contribution < 1.29 is 9.90 Å². The molecule has 1 aliphatic heterocycles. The van der Waals surface area contributed by atoms with Crippen molar-refractivity contribution in [2.45, 2.75) is 38.0 Å². The number of nitrogens with zero attached hydrogens (tertiary/aromatic N) is 1. The Labute approximate surface area is 136 Å². The molecular weight excluding hydrogens is 302 g/mol. The normalized spacial score (nSPS) is 23.3. The zero-order valence-corrected chi connectivity index (χ0v) is 13.8. The number of hydrogen-bond acceptors (Lipinski definition) is 3. The van der Waals surface area contributed by atoms with Crippen molar-refractivity contribution in [1.29, 1.82) is 0 Å². The summed E-state index contributed by atoms with van der Waals surface area (Å²) < 4.78 is 0. The average molecular weight is 326 g/mol. The Bertz CT molecular complexity index is 493. The predicted octanol–water partition coefficient (Wildman–Crippen LogP) is 2.16. The largest absolute Gasteiger partial charge is 0.393 e. The summed E-state index contributed by atoms with van der Waals surface area (Å²) in [6.45, 7) is 3.12. The highest BCUT2D eigenvalue weighted by Gasteiger charge is 2.33. The molecule has 2 amide bonds. The Hall–Kier alpha value is -1.30. The van der Waals surface area contributed by atoms with Gasteiger partial charge in [0.1, 0.15) is 0 Å². The monoisotopic (exact) mass is 325 g/mol. The maximum absolute atomic E-state index is 12.0. The van der Waals surface area contributed by atoms with Gasteiger partial charge in [-0.2, -0.15) is 0 Å². The molecule has 22 heavy (non-hydrogen) atoms. The molecule has 5 nitrogen and oxygen atoms in total. The van der Waals surface area contributed by atoms with Crippen molar-refractivity contribution in [3.05, 3.63) is 34.9 Å². The fourth-order valence-electron chi connectivity index (χ4n) is 2.86. The highest BCUT2D eigenvalue weighted by molar-refractivity contribution is 6.30. The van der Waals surface area contributed by atoms with Crippen LogP contribution in [-0.4, -0.2) is 48.3 Å². The molecule has 3 N–H and O–H groups in total. The molecule has 3 unspecified atom stereocenters. The quantitative estimate of drug-likeness (QED) is 0.777. The first-order chi connectivity index (χ1) is 10.5. The van der Waals surface area contributed by atoms with Crippen LogP contribution in [0.3, 0.4) is 0 Å². The number of rotatable bonds is 5. The van der Waals surface area contributed by atoms with E-state index in [1.54, 1.807) is 6.92 Å². The summed E-state index contributed by atoms with van der Waals surface area (Å²) in [6, 6.07) is 7.81. The molecular formula is C16H24ClN3O2. The molecule has 0 radical (unpaired) electrons. The summed E-state index contributed by atoms with van der Waals surface area (Å²) in [5.74, 6) is 0. The number of aliphatic hydroxyl groups is 1. The van der Waals surface area contributed by atoms with Crippen molar-refractivity contribution in [3.8, 4) is 0 Å². The second-order valence-electron chi connectivity index (χ2n) is 5.91. The van der Waals surface area contributed by atoms with E-state index in [4.69, 9.17) is 11.6 Å². The number of amides is 2. The lowest BCUT2D eigenvalue weighted by atomic mass is 10.0. The third-order valence-corrected chi connectivity index (χ3v) is 4.28. The minimum atomic E-state index is -0.403. The second kappa shape index (κ2) is 7.81. The van der Waals surface area contributed by atoms with Crippen LogP contribution in [0, 0.1) is 0 Å². The highest BCUT2D eigenvalue weighted by Crippen LogP contribution is 2.31. The molecule has 2 rings (SSSR count). The van der Waals surface area contributed by atoms with Crippen LogP contribution in [0.1, 0.15) is 31.4 Å². The number of urea groups is 1. The molecule has 122 valence electrons. The average Bonchev–Trinajstić information content (AvgIpc) is 2.80. The topological polar surface area (TPSA) is 64.6 Å². The van der Waals surface area contributed by atoms with Gasteiger partial charge in [-0.3, -0.25) is 4.90 Å². The van der Waals surface area contributed by atoms with Gasteiger partial charge < -0.3 is 15.7 Å². The van der Waals surface area contributed by atoms with E-state index >= 15 is 0 Å². The fraction of sp³-hybridized carbons (Fsp3) is 0.562. The lowest BCUT2D eigenvalue weighted by Crippen LogP contribution is -2.45. The first-order valence-electron chi connectivity index (χ1n) is 7.65. The van der Waals surface area contributed by atoms with Gasteiger partial charge in [-0.05, 0) is 44.5 Å². The molecule has 0 spiro atoms. The molecule has 1 aromatic carbocycles. The molecule has 0 saturated carbocycles. The molecule has 1 aromatic rings. The predicted molar refractivity (Wildman–Crippen MR) is 88.1 cm³/mol. The Morgan fingerprint density at radius 3 is 2.77 bits per heavy atom. The van der Waals surface area contributed by atoms with Crippen LogP contribution in [0.5, 0.6) is 0 Å². The zero-order valence-electron chi connectivity index (χ0n) is 13.1. The summed E-state index contributed by atoms with van der Waals surface area (Å²) in [6.07, 6.45) is 1.06. The molecule has 1 saturated heterocycles. The van der Waals surface area contributed by atoms with Crippen molar-refractivity contribution in [2.24, 2.45) is 0 Å². The Balaban J connectivity index is 1.94. The maximum Gasteiger partial charge on any atom is 0.315 e. The van der Waals surface area contributed by atoms with E-state index in [0.29, 0.717) is 18.0 Å². The van der Waals surface area contributed by atoms with Gasteiger partial charge >= 0.3 is 6.03 Å². The van der Waals surface area contributed by atoms with E-state index in [1.807, 2.05) is 24.3 Å². The number of likely N-dealkylation sites (N-methyl/N-ethyl adjacent to an activating group) is 1. The van der Waals surface area contributed by atoms with Crippen molar-refractivity contribution in [1.82, 2.24) is 15.5 Å². The van der Waals surface area contributed by atoms with Crippen molar-refractivity contribution in [2.75, 3.05) is 20.1 Å². The molecule has 0 aliphatic carbocycles. The molecule has 1 fully saturated rings. The fourth-order valence-corrected chi connectivity index (χ4v) is 2.98. The standard InChI is InChI=1S/C16H24ClN3O2/c1-11(21)7-9-18-16(22)19-14-8-10-20(2)15(14)12-3-5-13(17)6-4-12/h3-6,11,14-15,21H,7-10H2,1-2H3,(H2,18,19,22). The van der Waals surface area contributed by atoms with E-state index in [2.05, 4.69) is 22.6 Å². The summed E-state index contributed by atoms with van der Waals surface area (Å²) in [4.78, 5) is 14.2. The molecule has 1 heterocycles. The van der Waals surface area contributed by atoms with Gasteiger partial charge in [-0.25, -0.2) is 4.79 Å². The van der Waals surface area contributed by atoms with Crippen molar-refractivity contribution in [3.63, 3.8) is 0 Å². The minimum absolute atomic E-state index is 0.0673. The highest BCUT2D eigenvalue weighted by atomic mass is 35.5. The van der Waals surface area contributed by atoms with E-state index in [1.165, 1.54) is 0 Å². The van der Waals surface area contributed by atoms with Crippen LogP contribution in [0.2, 0.25) is 5.02 Å². The number of likely N-dealkylation sites (tertiary alicyclic amines) is 1. The van der Waals surface area contributed by atoms with Gasteiger partial charge in [-0.15, -0.1) is 0 Å². The lowest BCUT2D eigenvalue weighted by molar-refractivity contribution is 0.182. The zero-order chi connectivity index (χ0) is 16.1. The lowest BCUT2D eigenvalue weighted by Gasteiger charge is -2.26. The Kier molecular flexibility index (Phi) is 6.06. The van der Waals surface area contributed by atoms with E-state index in [-0.39, 0.29) is 18.1 Å². The third-order valence-electron chi connectivity index (χ3n) is 4.02. The second-order valence-corrected chi connectivity index (χ2v) is 6.35. The smallest absolute Gasteiger partial charge is 0.315 e. The van der Waals surface area contributed by atoms with Gasteiger partial charge in [0.25, 0.3) is 0 Å². The van der Waals surface area contributed by atoms with Crippen molar-refractivity contribution >= 4 is 17.6 Å². The number of halogens is 1. The summed E-state index contributed by atoms with van der Waals surface area (Å²) in [7, 11) is 2.06. The van der Waals surface area contributed by atoms with Crippen LogP contribution >= 0.6 is 11.6 Å². The Morgan fingerprint density at radius 1 is 1.45 bits per heavy atom. The molecule has 6 heteroatoms. The van der Waals surface area contributed by atoms with Gasteiger partial charge in [0.05, 0.1) is 18.2 Å². The van der Waals surface area contributed by atoms with Crippen LogP contribution < -0.4 is 10.6 Å². The summed E-state index contributed by atoms with van der Waals surface area (Å²) in [5.41, 5.74) is 1.15. The van der Waals surface area contributed by atoms with E-state index in [0.717, 1.165) is 18.5 Å².